The van der Waals surface area contributed by atoms with Gasteiger partial charge in [0.25, 0.3) is 0 Å². The van der Waals surface area contributed by atoms with Gasteiger partial charge in [0.05, 0.1) is 12.0 Å². The van der Waals surface area contributed by atoms with Crippen LogP contribution in [0.5, 0.6) is 0 Å². The molecule has 0 atom stereocenters. The number of nitrogens with zero attached hydrogens (tertiary/aromatic N) is 1. The summed E-state index contributed by atoms with van der Waals surface area (Å²) < 4.78 is 38.3. The lowest BCUT2D eigenvalue weighted by atomic mass is 10.0. The number of halogens is 3. The minimum Gasteiger partial charge on any atom is -0.309 e. The Morgan fingerprint density at radius 2 is 1.94 bits per heavy atom. The highest BCUT2D eigenvalue weighted by Crippen LogP contribution is 2.40. The topological polar surface area (TPSA) is 20.3 Å². The minimum absolute atomic E-state index is 0.0960. The van der Waals surface area contributed by atoms with Crippen molar-refractivity contribution in [2.45, 2.75) is 32.5 Å². The first-order chi connectivity index (χ1) is 7.82. The van der Waals surface area contributed by atoms with Crippen LogP contribution in [0.15, 0.2) is 18.2 Å². The van der Waals surface area contributed by atoms with Gasteiger partial charge in [-0.25, -0.2) is 0 Å². The summed E-state index contributed by atoms with van der Waals surface area (Å²) in [5.41, 5.74) is -0.218. The third kappa shape index (κ3) is 1.90. The molecule has 0 aliphatic carbocycles. The van der Waals surface area contributed by atoms with Crippen LogP contribution in [-0.2, 0) is 17.4 Å². The highest BCUT2D eigenvalue weighted by atomic mass is 19.4. The van der Waals surface area contributed by atoms with Crippen molar-refractivity contribution >= 4 is 11.6 Å². The molecule has 1 aromatic rings. The predicted molar refractivity (Wildman–Crippen MR) is 57.8 cm³/mol. The Labute approximate surface area is 97.0 Å². The van der Waals surface area contributed by atoms with E-state index in [4.69, 9.17) is 0 Å². The minimum atomic E-state index is -4.40. The van der Waals surface area contributed by atoms with Crippen molar-refractivity contribution in [3.63, 3.8) is 0 Å². The molecule has 0 N–H and O–H groups in total. The number of alkyl halides is 3. The molecule has 0 aromatic heterocycles. The van der Waals surface area contributed by atoms with Crippen molar-refractivity contribution in [1.82, 2.24) is 0 Å². The number of carbonyl (C=O) groups is 1. The molecule has 2 rings (SSSR count). The van der Waals surface area contributed by atoms with Crippen LogP contribution in [0.4, 0.5) is 18.9 Å². The van der Waals surface area contributed by atoms with Crippen LogP contribution in [0.1, 0.15) is 25.0 Å². The van der Waals surface area contributed by atoms with E-state index in [-0.39, 0.29) is 23.9 Å². The molecule has 0 saturated heterocycles. The fourth-order valence-corrected chi connectivity index (χ4v) is 2.19. The van der Waals surface area contributed by atoms with Gasteiger partial charge in [0.1, 0.15) is 0 Å². The lowest BCUT2D eigenvalue weighted by Gasteiger charge is -2.22. The van der Waals surface area contributed by atoms with Crippen LogP contribution < -0.4 is 4.90 Å². The molecule has 17 heavy (non-hydrogen) atoms. The molecule has 0 spiro atoms. The second-order valence-electron chi connectivity index (χ2n) is 4.34. The van der Waals surface area contributed by atoms with Gasteiger partial charge in [-0.2, -0.15) is 13.2 Å². The fraction of sp³-hybridized carbons (Fsp3) is 0.417. The van der Waals surface area contributed by atoms with E-state index in [9.17, 15) is 18.0 Å². The molecule has 1 heterocycles. The van der Waals surface area contributed by atoms with E-state index in [1.54, 1.807) is 19.9 Å². The zero-order valence-electron chi connectivity index (χ0n) is 9.51. The van der Waals surface area contributed by atoms with Gasteiger partial charge in [0.15, 0.2) is 0 Å². The number of hydrogen-bond acceptors (Lipinski definition) is 1. The average Bonchev–Trinajstić information content (AvgIpc) is 2.51. The molecule has 0 fully saturated rings. The van der Waals surface area contributed by atoms with Crippen molar-refractivity contribution in [2.24, 2.45) is 0 Å². The highest BCUT2D eigenvalue weighted by Gasteiger charge is 2.39. The quantitative estimate of drug-likeness (QED) is 0.742. The summed E-state index contributed by atoms with van der Waals surface area (Å²) in [4.78, 5) is 13.1. The first-order valence-electron chi connectivity index (χ1n) is 5.33. The van der Waals surface area contributed by atoms with Gasteiger partial charge in [-0.05, 0) is 31.5 Å². The summed E-state index contributed by atoms with van der Waals surface area (Å²) in [6, 6.07) is 3.80. The molecule has 1 amide bonds. The molecule has 0 bridgehead atoms. The van der Waals surface area contributed by atoms with Crippen LogP contribution in [0.25, 0.3) is 0 Å². The maximum atomic E-state index is 12.8. The number of rotatable bonds is 1. The summed E-state index contributed by atoms with van der Waals surface area (Å²) in [5, 5.41) is 0. The molecule has 0 saturated carbocycles. The first-order valence-corrected chi connectivity index (χ1v) is 5.33. The van der Waals surface area contributed by atoms with Crippen LogP contribution in [0.2, 0.25) is 0 Å². The number of anilines is 1. The maximum absolute atomic E-state index is 12.8. The molecule has 1 aliphatic heterocycles. The SMILES string of the molecule is CC(C)N1C(=O)Cc2c1cccc2C(F)(F)F. The van der Waals surface area contributed by atoms with Crippen LogP contribution in [0.3, 0.4) is 0 Å². The second kappa shape index (κ2) is 3.75. The molecule has 0 radical (unpaired) electrons. The lowest BCUT2D eigenvalue weighted by Crippen LogP contribution is -2.33. The van der Waals surface area contributed by atoms with Gasteiger partial charge in [0, 0.05) is 11.7 Å². The molecule has 0 unspecified atom stereocenters. The van der Waals surface area contributed by atoms with Crippen molar-refractivity contribution in [1.29, 1.82) is 0 Å². The van der Waals surface area contributed by atoms with Gasteiger partial charge in [-0.15, -0.1) is 0 Å². The monoisotopic (exact) mass is 243 g/mol. The molecule has 1 aromatic carbocycles. The predicted octanol–water partition coefficient (Wildman–Crippen LogP) is 3.00. The Morgan fingerprint density at radius 3 is 2.47 bits per heavy atom. The van der Waals surface area contributed by atoms with E-state index in [0.29, 0.717) is 5.69 Å². The maximum Gasteiger partial charge on any atom is 0.416 e. The Balaban J connectivity index is 2.57. The summed E-state index contributed by atoms with van der Waals surface area (Å²) in [6.45, 7) is 3.57. The number of hydrogen-bond donors (Lipinski definition) is 0. The van der Waals surface area contributed by atoms with E-state index >= 15 is 0 Å². The number of benzene rings is 1. The molecular weight excluding hydrogens is 231 g/mol. The summed E-state index contributed by atoms with van der Waals surface area (Å²) in [6.07, 6.45) is -4.57. The van der Waals surface area contributed by atoms with Gasteiger partial charge < -0.3 is 4.90 Å². The van der Waals surface area contributed by atoms with Crippen molar-refractivity contribution in [3.8, 4) is 0 Å². The zero-order chi connectivity index (χ0) is 12.8. The number of fused-ring (bicyclic) bond motifs is 1. The lowest BCUT2D eigenvalue weighted by molar-refractivity contribution is -0.138. The molecule has 2 nitrogen and oxygen atoms in total. The van der Waals surface area contributed by atoms with E-state index in [1.807, 2.05) is 0 Å². The Kier molecular flexibility index (Phi) is 2.64. The fourth-order valence-electron chi connectivity index (χ4n) is 2.19. The standard InChI is InChI=1S/C12H12F3NO/c1-7(2)16-10-5-3-4-9(12(13,14)15)8(10)6-11(16)17/h3-5,7H,6H2,1-2H3. The van der Waals surface area contributed by atoms with E-state index in [0.717, 1.165) is 6.07 Å². The van der Waals surface area contributed by atoms with E-state index in [1.165, 1.54) is 11.0 Å². The molecular formula is C12H12F3NO. The smallest absolute Gasteiger partial charge is 0.309 e. The van der Waals surface area contributed by atoms with Crippen LogP contribution in [-0.4, -0.2) is 11.9 Å². The van der Waals surface area contributed by atoms with Crippen molar-refractivity contribution in [3.05, 3.63) is 29.3 Å². The Hall–Kier alpha value is -1.52. The third-order valence-electron chi connectivity index (χ3n) is 2.83. The average molecular weight is 243 g/mol. The summed E-state index contributed by atoms with van der Waals surface area (Å²) in [5.74, 6) is -0.272. The van der Waals surface area contributed by atoms with Gasteiger partial charge in [0.2, 0.25) is 5.91 Å². The zero-order valence-corrected chi connectivity index (χ0v) is 9.51. The number of carbonyl (C=O) groups excluding carboxylic acids is 1. The molecule has 1 aliphatic rings. The Morgan fingerprint density at radius 1 is 1.29 bits per heavy atom. The number of amides is 1. The van der Waals surface area contributed by atoms with Crippen LogP contribution >= 0.6 is 0 Å². The molecule has 92 valence electrons. The largest absolute Gasteiger partial charge is 0.416 e. The Bertz CT molecular complexity index is 465. The second-order valence-corrected chi connectivity index (χ2v) is 4.34. The van der Waals surface area contributed by atoms with Gasteiger partial charge in [-0.1, -0.05) is 6.07 Å². The van der Waals surface area contributed by atoms with Gasteiger partial charge >= 0.3 is 6.18 Å². The third-order valence-corrected chi connectivity index (χ3v) is 2.83. The summed E-state index contributed by atoms with van der Waals surface area (Å²) >= 11 is 0. The summed E-state index contributed by atoms with van der Waals surface area (Å²) in [7, 11) is 0. The van der Waals surface area contributed by atoms with E-state index < -0.39 is 11.7 Å². The first kappa shape index (κ1) is 12.0. The van der Waals surface area contributed by atoms with Crippen molar-refractivity contribution in [2.75, 3.05) is 4.90 Å². The van der Waals surface area contributed by atoms with Gasteiger partial charge in [-0.3, -0.25) is 4.79 Å². The highest BCUT2D eigenvalue weighted by molar-refractivity contribution is 6.02. The normalized spacial score (nSPS) is 15.6. The van der Waals surface area contributed by atoms with Crippen LogP contribution in [0, 0.1) is 0 Å². The molecule has 5 heteroatoms. The van der Waals surface area contributed by atoms with E-state index in [2.05, 4.69) is 0 Å². The van der Waals surface area contributed by atoms with Crippen molar-refractivity contribution < 1.29 is 18.0 Å².